The minimum Gasteiger partial charge on any atom is -0.317 e. The van der Waals surface area contributed by atoms with E-state index in [1.54, 1.807) is 6.07 Å². The van der Waals surface area contributed by atoms with Gasteiger partial charge < -0.3 is 5.32 Å². The molecule has 1 aliphatic heterocycles. The normalized spacial score (nSPS) is 17.7. The van der Waals surface area contributed by atoms with Crippen LogP contribution in [0, 0.1) is 11.7 Å². The molecule has 16 heavy (non-hydrogen) atoms. The van der Waals surface area contributed by atoms with Crippen molar-refractivity contribution in [3.63, 3.8) is 0 Å². The summed E-state index contributed by atoms with van der Waals surface area (Å²) in [5.41, 5.74) is 0.722. The van der Waals surface area contributed by atoms with Crippen LogP contribution in [-0.4, -0.2) is 13.1 Å². The molecule has 0 saturated carbocycles. The summed E-state index contributed by atoms with van der Waals surface area (Å²) in [5.74, 6) is 0.403. The third kappa shape index (κ3) is 2.76. The number of halogens is 3. The third-order valence-corrected chi connectivity index (χ3v) is 4.54. The summed E-state index contributed by atoms with van der Waals surface area (Å²) in [5, 5.41) is 3.90. The van der Waals surface area contributed by atoms with E-state index in [1.165, 1.54) is 6.07 Å². The summed E-state index contributed by atoms with van der Waals surface area (Å²) in [6.07, 6.45) is 2.99. The number of nitrogens with one attached hydrogen (secondary N) is 1. The lowest BCUT2D eigenvalue weighted by Crippen LogP contribution is -2.28. The molecule has 1 heterocycles. The Kier molecular flexibility index (Phi) is 4.22. The Hall–Kier alpha value is -0.120. The Balaban J connectivity index is 2.16. The van der Waals surface area contributed by atoms with Crippen LogP contribution in [0.5, 0.6) is 0 Å². The van der Waals surface area contributed by atoms with Crippen LogP contribution < -0.4 is 5.32 Å². The molecule has 0 atom stereocenters. The molecule has 0 unspecified atom stereocenters. The van der Waals surface area contributed by atoms with Crippen molar-refractivity contribution in [1.82, 2.24) is 5.32 Å². The van der Waals surface area contributed by atoms with E-state index in [0.29, 0.717) is 15.4 Å². The Morgan fingerprint density at radius 1 is 1.38 bits per heavy atom. The van der Waals surface area contributed by atoms with Crippen LogP contribution >= 0.6 is 27.5 Å². The van der Waals surface area contributed by atoms with Gasteiger partial charge >= 0.3 is 0 Å². The Labute approximate surface area is 109 Å². The molecular formula is C12H14BrClFN. The first-order valence-corrected chi connectivity index (χ1v) is 6.68. The largest absolute Gasteiger partial charge is 0.317 e. The fraction of sp³-hybridized carbons (Fsp3) is 0.500. The second kappa shape index (κ2) is 5.48. The van der Waals surface area contributed by atoms with Crippen LogP contribution in [0.1, 0.15) is 18.4 Å². The van der Waals surface area contributed by atoms with Crippen molar-refractivity contribution in [3.8, 4) is 0 Å². The average Bonchev–Trinajstić information content (AvgIpc) is 2.31. The monoisotopic (exact) mass is 305 g/mol. The van der Waals surface area contributed by atoms with Crippen molar-refractivity contribution in [3.05, 3.63) is 33.0 Å². The number of hydrogen-bond acceptors (Lipinski definition) is 1. The van der Waals surface area contributed by atoms with Gasteiger partial charge in [0.05, 0.1) is 5.02 Å². The fourth-order valence-electron chi connectivity index (χ4n) is 2.13. The first-order valence-electron chi connectivity index (χ1n) is 5.51. The van der Waals surface area contributed by atoms with Crippen molar-refractivity contribution in [2.45, 2.75) is 19.3 Å². The minimum absolute atomic E-state index is 0.158. The summed E-state index contributed by atoms with van der Waals surface area (Å²) < 4.78 is 14.4. The molecule has 1 aromatic rings. The maximum absolute atomic E-state index is 13.7. The maximum Gasteiger partial charge on any atom is 0.127 e. The molecular weight excluding hydrogens is 292 g/mol. The zero-order chi connectivity index (χ0) is 11.5. The Morgan fingerprint density at radius 2 is 2.06 bits per heavy atom. The molecule has 1 saturated heterocycles. The molecule has 1 nitrogen and oxygen atoms in total. The topological polar surface area (TPSA) is 12.0 Å². The van der Waals surface area contributed by atoms with E-state index in [-0.39, 0.29) is 5.82 Å². The van der Waals surface area contributed by atoms with Crippen molar-refractivity contribution < 1.29 is 4.39 Å². The summed E-state index contributed by atoms with van der Waals surface area (Å²) in [4.78, 5) is 0. The highest BCUT2D eigenvalue weighted by Gasteiger charge is 2.18. The molecule has 1 aromatic carbocycles. The lowest BCUT2D eigenvalue weighted by atomic mass is 9.91. The van der Waals surface area contributed by atoms with Crippen LogP contribution in [0.3, 0.4) is 0 Å². The maximum atomic E-state index is 13.7. The predicted octanol–water partition coefficient (Wildman–Crippen LogP) is 3.78. The van der Waals surface area contributed by atoms with Gasteiger partial charge in [0.2, 0.25) is 0 Å². The van der Waals surface area contributed by atoms with Gasteiger partial charge in [-0.1, -0.05) is 11.6 Å². The standard InChI is InChI=1S/C12H14BrClFN/c13-12-9(11(15)2-1-10(12)14)7-8-3-5-16-6-4-8/h1-2,8,16H,3-7H2. The molecule has 1 aliphatic rings. The second-order valence-corrected chi connectivity index (χ2v) is 5.42. The number of piperidine rings is 1. The summed E-state index contributed by atoms with van der Waals surface area (Å²) in [6.45, 7) is 2.06. The van der Waals surface area contributed by atoms with Gasteiger partial charge in [0.15, 0.2) is 0 Å². The summed E-state index contributed by atoms with van der Waals surface area (Å²) in [6, 6.07) is 3.04. The van der Waals surface area contributed by atoms with E-state index < -0.39 is 0 Å². The molecule has 1 fully saturated rings. The smallest absolute Gasteiger partial charge is 0.127 e. The minimum atomic E-state index is -0.158. The van der Waals surface area contributed by atoms with E-state index >= 15 is 0 Å². The number of hydrogen-bond donors (Lipinski definition) is 1. The molecule has 4 heteroatoms. The van der Waals surface area contributed by atoms with Gasteiger partial charge in [-0.15, -0.1) is 0 Å². The molecule has 88 valence electrons. The van der Waals surface area contributed by atoms with E-state index in [1.807, 2.05) is 0 Å². The van der Waals surface area contributed by atoms with Gasteiger partial charge in [-0.25, -0.2) is 4.39 Å². The molecule has 0 amide bonds. The van der Waals surface area contributed by atoms with E-state index in [2.05, 4.69) is 21.2 Å². The lowest BCUT2D eigenvalue weighted by Gasteiger charge is -2.23. The van der Waals surface area contributed by atoms with Crippen LogP contribution in [-0.2, 0) is 6.42 Å². The van der Waals surface area contributed by atoms with Crippen LogP contribution in [0.2, 0.25) is 5.02 Å². The van der Waals surface area contributed by atoms with Gasteiger partial charge in [-0.05, 0) is 66.3 Å². The number of benzene rings is 1. The third-order valence-electron chi connectivity index (χ3n) is 3.09. The Morgan fingerprint density at radius 3 is 2.75 bits per heavy atom. The van der Waals surface area contributed by atoms with Gasteiger partial charge in [-0.2, -0.15) is 0 Å². The molecule has 0 bridgehead atoms. The van der Waals surface area contributed by atoms with Crippen molar-refractivity contribution >= 4 is 27.5 Å². The summed E-state index contributed by atoms with van der Waals surface area (Å²) >= 11 is 9.35. The van der Waals surface area contributed by atoms with Crippen LogP contribution in [0.25, 0.3) is 0 Å². The average molecular weight is 307 g/mol. The molecule has 2 rings (SSSR count). The highest BCUT2D eigenvalue weighted by molar-refractivity contribution is 9.10. The SMILES string of the molecule is Fc1ccc(Cl)c(Br)c1CC1CCNCC1. The van der Waals surface area contributed by atoms with Crippen molar-refractivity contribution in [1.29, 1.82) is 0 Å². The van der Waals surface area contributed by atoms with E-state index in [0.717, 1.165) is 37.9 Å². The first-order chi connectivity index (χ1) is 7.68. The van der Waals surface area contributed by atoms with Crippen molar-refractivity contribution in [2.24, 2.45) is 5.92 Å². The van der Waals surface area contributed by atoms with Gasteiger partial charge in [0, 0.05) is 10.0 Å². The van der Waals surface area contributed by atoms with Gasteiger partial charge in [0.1, 0.15) is 5.82 Å². The predicted molar refractivity (Wildman–Crippen MR) is 68.4 cm³/mol. The van der Waals surface area contributed by atoms with E-state index in [9.17, 15) is 4.39 Å². The molecule has 0 aromatic heterocycles. The quantitative estimate of drug-likeness (QED) is 0.820. The number of rotatable bonds is 2. The summed E-state index contributed by atoms with van der Waals surface area (Å²) in [7, 11) is 0. The van der Waals surface area contributed by atoms with Crippen molar-refractivity contribution in [2.75, 3.05) is 13.1 Å². The highest BCUT2D eigenvalue weighted by Crippen LogP contribution is 2.31. The van der Waals surface area contributed by atoms with Crippen LogP contribution in [0.15, 0.2) is 16.6 Å². The molecule has 1 N–H and O–H groups in total. The van der Waals surface area contributed by atoms with Gasteiger partial charge in [-0.3, -0.25) is 0 Å². The zero-order valence-electron chi connectivity index (χ0n) is 8.90. The lowest BCUT2D eigenvalue weighted by molar-refractivity contribution is 0.368. The highest BCUT2D eigenvalue weighted by atomic mass is 79.9. The molecule has 0 spiro atoms. The molecule has 0 aliphatic carbocycles. The van der Waals surface area contributed by atoms with Crippen LogP contribution in [0.4, 0.5) is 4.39 Å². The fourth-order valence-corrected chi connectivity index (χ4v) is 2.79. The van der Waals surface area contributed by atoms with Gasteiger partial charge in [0.25, 0.3) is 0 Å². The Bertz CT molecular complexity index is 378. The molecule has 0 radical (unpaired) electrons. The van der Waals surface area contributed by atoms with E-state index in [4.69, 9.17) is 11.6 Å². The second-order valence-electron chi connectivity index (χ2n) is 4.22. The first kappa shape index (κ1) is 12.3. The zero-order valence-corrected chi connectivity index (χ0v) is 11.2.